The summed E-state index contributed by atoms with van der Waals surface area (Å²) in [5, 5.41) is 19.2. The van der Waals surface area contributed by atoms with Gasteiger partial charge in [-0.15, -0.1) is 0 Å². The zero-order valence-corrected chi connectivity index (χ0v) is 29.4. The number of rotatable bonds is 14. The largest absolute Gasteiger partial charge is 0.542 e. The number of hydrogen-bond donors (Lipinski definition) is 3. The molecule has 4 atom stereocenters. The number of carbonyl (C=O) groups is 4. The molecule has 1 aliphatic rings. The van der Waals surface area contributed by atoms with Crippen molar-refractivity contribution in [1.29, 1.82) is 0 Å². The minimum absolute atomic E-state index is 0.0408. The van der Waals surface area contributed by atoms with E-state index in [1.165, 1.54) is 18.2 Å². The average molecular weight is 750 g/mol. The van der Waals surface area contributed by atoms with E-state index in [0.29, 0.717) is 30.6 Å². The molecule has 18 heteroatoms. The summed E-state index contributed by atoms with van der Waals surface area (Å²) in [5.74, 6) is -3.81. The number of primary amides is 1. The summed E-state index contributed by atoms with van der Waals surface area (Å²) >= 11 is 5.97. The van der Waals surface area contributed by atoms with Crippen molar-refractivity contribution in [3.8, 4) is 0 Å². The predicted octanol–water partition coefficient (Wildman–Crippen LogP) is 0.512. The second kappa shape index (κ2) is 22.8. The predicted molar refractivity (Wildman–Crippen MR) is 170 cm³/mol. The number of quaternary nitrogens is 2. The molecule has 0 spiro atoms. The van der Waals surface area contributed by atoms with Crippen LogP contribution in [0.2, 0.25) is 0 Å². The lowest BCUT2D eigenvalue weighted by molar-refractivity contribution is -0.596. The van der Waals surface area contributed by atoms with Gasteiger partial charge in [-0.2, -0.15) is 50.7 Å². The molecule has 0 bridgehead atoms. The summed E-state index contributed by atoms with van der Waals surface area (Å²) in [5.41, 5.74) is 6.77. The minimum Gasteiger partial charge on any atom is -0.542 e. The third-order valence-electron chi connectivity index (χ3n) is 7.25. The number of ether oxygens (including phenoxy) is 1. The molecule has 1 fully saturated rings. The Bertz CT molecular complexity index is 1180. The Kier molecular flexibility index (Phi) is 21.5. The van der Waals surface area contributed by atoms with Gasteiger partial charge in [0.05, 0.1) is 7.11 Å². The number of alkyl halides is 6. The van der Waals surface area contributed by atoms with Crippen LogP contribution in [0.15, 0.2) is 36.4 Å². The van der Waals surface area contributed by atoms with E-state index in [-0.39, 0.29) is 24.0 Å². The third-order valence-corrected chi connectivity index (χ3v) is 8.37. The molecule has 49 heavy (non-hydrogen) atoms. The molecule has 2 rings (SSSR count). The summed E-state index contributed by atoms with van der Waals surface area (Å²) in [7, 11) is 1.39. The number of amides is 1. The first kappa shape index (κ1) is 46.2. The molecule has 1 aromatic rings. The molecule has 10 nitrogen and oxygen atoms in total. The van der Waals surface area contributed by atoms with Gasteiger partial charge in [-0.25, -0.2) is 9.59 Å². The highest BCUT2D eigenvalue weighted by molar-refractivity contribution is 7.98. The number of halogens is 6. The van der Waals surface area contributed by atoms with E-state index >= 15 is 0 Å². The van der Waals surface area contributed by atoms with Gasteiger partial charge in [0.15, 0.2) is 6.04 Å². The summed E-state index contributed by atoms with van der Waals surface area (Å²) in [6.07, 6.45) is -0.715. The molecule has 0 unspecified atom stereocenters. The van der Waals surface area contributed by atoms with Crippen LogP contribution in [0.1, 0.15) is 50.2 Å². The van der Waals surface area contributed by atoms with Gasteiger partial charge in [-0.05, 0) is 60.3 Å². The van der Waals surface area contributed by atoms with Gasteiger partial charge in [0.1, 0.15) is 24.0 Å². The SMILES string of the molecule is COC(=O)[C@H](CCSC)[NH2+]C(=O)[C@@H]1C[C@@H](CCc2ccc(C(C)C)cc2)CN1C/C=C/[C@@H]([NH3+])CS.O=C([O-])C(F)(F)F.O=C([O-])C(F)(F)F. The fraction of sp³-hybridized carbons (Fsp3) is 0.613. The molecule has 0 aromatic heterocycles. The lowest BCUT2D eigenvalue weighted by Crippen LogP contribution is -2.97. The summed E-state index contributed by atoms with van der Waals surface area (Å²) in [6.45, 7) is 6.01. The van der Waals surface area contributed by atoms with E-state index in [0.717, 1.165) is 31.6 Å². The Morgan fingerprint density at radius 3 is 2.04 bits per heavy atom. The highest BCUT2D eigenvalue weighted by Gasteiger charge is 2.40. The number of likely N-dealkylation sites (tertiary alicyclic amines) is 1. The maximum Gasteiger partial charge on any atom is 0.430 e. The number of nitrogens with zero attached hydrogens (tertiary/aromatic N) is 1. The van der Waals surface area contributed by atoms with Crippen molar-refractivity contribution in [2.24, 2.45) is 5.92 Å². The smallest absolute Gasteiger partial charge is 0.430 e. The quantitative estimate of drug-likeness (QED) is 0.106. The molecule has 0 radical (unpaired) electrons. The number of benzene rings is 1. The van der Waals surface area contributed by atoms with Gasteiger partial charge in [-0.1, -0.05) is 44.2 Å². The Morgan fingerprint density at radius 1 is 1.08 bits per heavy atom. The van der Waals surface area contributed by atoms with Gasteiger partial charge in [0, 0.05) is 25.3 Å². The monoisotopic (exact) mass is 749 g/mol. The molecule has 5 N–H and O–H groups in total. The Balaban J connectivity index is 0.00000137. The molecule has 1 saturated heterocycles. The number of thioether (sulfide) groups is 1. The van der Waals surface area contributed by atoms with E-state index < -0.39 is 30.3 Å². The number of hydrogen-bond acceptors (Lipinski definition) is 10. The van der Waals surface area contributed by atoms with E-state index in [1.807, 2.05) is 6.26 Å². The molecular weight excluding hydrogens is 704 g/mol. The number of carboxylic acids is 2. The van der Waals surface area contributed by atoms with Crippen molar-refractivity contribution in [2.75, 3.05) is 38.0 Å². The van der Waals surface area contributed by atoms with Crippen LogP contribution in [-0.4, -0.2) is 97.2 Å². The number of thiol groups is 1. The zero-order valence-electron chi connectivity index (χ0n) is 27.7. The number of methoxy groups -OCH3 is 1. The lowest BCUT2D eigenvalue weighted by Gasteiger charge is -2.21. The molecule has 0 aliphatic carbocycles. The summed E-state index contributed by atoms with van der Waals surface area (Å²) in [6, 6.07) is 8.40. The van der Waals surface area contributed by atoms with Crippen LogP contribution >= 0.6 is 24.4 Å². The first-order chi connectivity index (χ1) is 22.7. The molecule has 1 aliphatic heterocycles. The third kappa shape index (κ3) is 19.2. The van der Waals surface area contributed by atoms with Crippen LogP contribution in [0, 0.1) is 5.92 Å². The molecular formula is C31H45F6N3O7S2. The highest BCUT2D eigenvalue weighted by Crippen LogP contribution is 2.27. The van der Waals surface area contributed by atoms with Gasteiger partial charge < -0.3 is 30.3 Å². The second-order valence-electron chi connectivity index (χ2n) is 11.4. The van der Waals surface area contributed by atoms with Gasteiger partial charge in [-0.3, -0.25) is 10.2 Å². The van der Waals surface area contributed by atoms with Crippen LogP contribution in [-0.2, 0) is 30.3 Å². The molecule has 1 aromatic carbocycles. The summed E-state index contributed by atoms with van der Waals surface area (Å²) in [4.78, 5) is 45.5. The van der Waals surface area contributed by atoms with Crippen molar-refractivity contribution in [3.63, 3.8) is 0 Å². The van der Waals surface area contributed by atoms with Crippen LogP contribution in [0.5, 0.6) is 0 Å². The summed E-state index contributed by atoms with van der Waals surface area (Å²) < 4.78 is 68.1. The number of esters is 1. The van der Waals surface area contributed by atoms with Crippen molar-refractivity contribution in [1.82, 2.24) is 4.90 Å². The molecule has 0 saturated carbocycles. The number of carbonyl (C=O) groups excluding carboxylic acids is 4. The first-order valence-electron chi connectivity index (χ1n) is 15.1. The topological polar surface area (TPSA) is 171 Å². The van der Waals surface area contributed by atoms with Gasteiger partial charge >= 0.3 is 24.2 Å². The van der Waals surface area contributed by atoms with Crippen molar-refractivity contribution in [3.05, 3.63) is 47.5 Å². The van der Waals surface area contributed by atoms with Crippen LogP contribution < -0.4 is 21.3 Å². The Morgan fingerprint density at radius 2 is 1.61 bits per heavy atom. The van der Waals surface area contributed by atoms with Gasteiger partial charge in [0.2, 0.25) is 0 Å². The van der Waals surface area contributed by atoms with Crippen LogP contribution in [0.4, 0.5) is 26.3 Å². The average Bonchev–Trinajstić information content (AvgIpc) is 3.44. The molecule has 1 amide bonds. The standard InChI is InChI=1S/C27H43N3O3S2.2C2HF3O2/c1-19(2)22-11-9-20(10-12-22)7-8-21-16-25(30(17-21)14-5-6-23(28)18-34)26(31)29-24(13-15-35-4)27(32)33-3;2*3-2(4,5)1(6)7/h5-6,9-12,19,21,23-25,34H,7-8,13-18,28H2,1-4H3,(H,29,31);2*(H,6,7)/b6-5+;;/t21-,23-,24+,25+;;/m1../s1. The minimum atomic E-state index is -5.19. The molecule has 1 heterocycles. The number of nitrogens with two attached hydrogens (primary N) is 1. The fourth-order valence-corrected chi connectivity index (χ4v) is 5.18. The number of aryl methyl sites for hydroxylation is 1. The van der Waals surface area contributed by atoms with E-state index in [4.69, 9.17) is 24.5 Å². The first-order valence-corrected chi connectivity index (χ1v) is 17.2. The maximum atomic E-state index is 13.4. The van der Waals surface area contributed by atoms with Crippen molar-refractivity contribution in [2.45, 2.75) is 75.9 Å². The van der Waals surface area contributed by atoms with Crippen molar-refractivity contribution >= 4 is 48.2 Å². The van der Waals surface area contributed by atoms with Crippen LogP contribution in [0.3, 0.4) is 0 Å². The normalized spacial score (nSPS) is 17.8. The van der Waals surface area contributed by atoms with Crippen molar-refractivity contribution < 1.29 is 71.5 Å². The number of aliphatic carboxylic acids is 2. The van der Waals surface area contributed by atoms with Gasteiger partial charge in [0.25, 0.3) is 0 Å². The lowest BCUT2D eigenvalue weighted by atomic mass is 9.95. The Hall–Kier alpha value is -2.80. The zero-order chi connectivity index (χ0) is 37.9. The van der Waals surface area contributed by atoms with E-state index in [1.54, 1.807) is 17.1 Å². The van der Waals surface area contributed by atoms with E-state index in [2.05, 4.69) is 73.5 Å². The second-order valence-corrected chi connectivity index (χ2v) is 12.8. The fourth-order valence-electron chi connectivity index (χ4n) is 4.57. The number of carboxylic acid groups (broad SMARTS) is 2. The highest BCUT2D eigenvalue weighted by atomic mass is 32.2. The van der Waals surface area contributed by atoms with E-state index in [9.17, 15) is 35.9 Å². The van der Waals surface area contributed by atoms with Crippen LogP contribution in [0.25, 0.3) is 0 Å². The molecule has 280 valence electrons. The maximum absolute atomic E-state index is 13.4. The Labute approximate surface area is 291 Å².